The Labute approximate surface area is 127 Å². The van der Waals surface area contributed by atoms with E-state index < -0.39 is 0 Å². The lowest BCUT2D eigenvalue weighted by Crippen LogP contribution is -2.24. The third kappa shape index (κ3) is 4.19. The number of benzene rings is 1. The molecule has 0 saturated carbocycles. The summed E-state index contributed by atoms with van der Waals surface area (Å²) in [5.74, 6) is 1.36. The number of methoxy groups -OCH3 is 2. The molecule has 6 heteroatoms. The zero-order valence-electron chi connectivity index (χ0n) is 12.3. The Morgan fingerprint density at radius 2 is 2.14 bits per heavy atom. The van der Waals surface area contributed by atoms with E-state index in [2.05, 4.69) is 10.3 Å². The molecule has 1 aromatic heterocycles. The second-order valence-electron chi connectivity index (χ2n) is 4.49. The number of nitrogens with one attached hydrogen (secondary N) is 1. The minimum absolute atomic E-state index is 0.0572. The molecule has 0 unspecified atom stereocenters. The molecule has 1 aromatic carbocycles. The molecule has 0 aliphatic carbocycles. The van der Waals surface area contributed by atoms with Crippen molar-refractivity contribution in [1.82, 2.24) is 10.3 Å². The molecule has 0 fully saturated rings. The van der Waals surface area contributed by atoms with Gasteiger partial charge in [0, 0.05) is 23.6 Å². The first-order chi connectivity index (χ1) is 10.1. The number of thiazole rings is 1. The SMILES string of the molecule is COc1ccc(CNC(=O)Cc2csc(C)n2)c(OC)c1. The van der Waals surface area contributed by atoms with Crippen molar-refractivity contribution < 1.29 is 14.3 Å². The van der Waals surface area contributed by atoms with Crippen molar-refractivity contribution in [3.63, 3.8) is 0 Å². The Kier molecular flexibility index (Phi) is 5.16. The van der Waals surface area contributed by atoms with Gasteiger partial charge in [-0.3, -0.25) is 4.79 Å². The highest BCUT2D eigenvalue weighted by Gasteiger charge is 2.09. The van der Waals surface area contributed by atoms with Gasteiger partial charge >= 0.3 is 0 Å². The summed E-state index contributed by atoms with van der Waals surface area (Å²) in [7, 11) is 3.20. The largest absolute Gasteiger partial charge is 0.497 e. The second-order valence-corrected chi connectivity index (χ2v) is 5.55. The molecule has 5 nitrogen and oxygen atoms in total. The molecule has 0 aliphatic heterocycles. The number of ether oxygens (including phenoxy) is 2. The summed E-state index contributed by atoms with van der Waals surface area (Å²) in [6.45, 7) is 2.34. The van der Waals surface area contributed by atoms with E-state index in [1.165, 1.54) is 0 Å². The Bertz CT molecular complexity index is 625. The van der Waals surface area contributed by atoms with Gasteiger partial charge in [0.25, 0.3) is 0 Å². The first kappa shape index (κ1) is 15.3. The highest BCUT2D eigenvalue weighted by Crippen LogP contribution is 2.24. The minimum Gasteiger partial charge on any atom is -0.497 e. The van der Waals surface area contributed by atoms with Gasteiger partial charge in [-0.1, -0.05) is 0 Å². The molecular weight excluding hydrogens is 288 g/mol. The Hall–Kier alpha value is -2.08. The fraction of sp³-hybridized carbons (Fsp3) is 0.333. The van der Waals surface area contributed by atoms with Crippen LogP contribution in [0.5, 0.6) is 11.5 Å². The molecule has 0 radical (unpaired) electrons. The molecule has 112 valence electrons. The van der Waals surface area contributed by atoms with Crippen molar-refractivity contribution in [3.8, 4) is 11.5 Å². The van der Waals surface area contributed by atoms with Crippen LogP contribution in [0, 0.1) is 6.92 Å². The van der Waals surface area contributed by atoms with Crippen LogP contribution < -0.4 is 14.8 Å². The number of nitrogens with zero attached hydrogens (tertiary/aromatic N) is 1. The van der Waals surface area contributed by atoms with Crippen LogP contribution in [-0.2, 0) is 17.8 Å². The fourth-order valence-electron chi connectivity index (χ4n) is 1.91. The van der Waals surface area contributed by atoms with Crippen molar-refractivity contribution in [1.29, 1.82) is 0 Å². The van der Waals surface area contributed by atoms with E-state index in [1.54, 1.807) is 31.6 Å². The minimum atomic E-state index is -0.0572. The number of aryl methyl sites for hydroxylation is 1. The topological polar surface area (TPSA) is 60.5 Å². The van der Waals surface area contributed by atoms with Crippen LogP contribution in [0.4, 0.5) is 0 Å². The van der Waals surface area contributed by atoms with E-state index in [1.807, 2.05) is 24.4 Å². The smallest absolute Gasteiger partial charge is 0.226 e. The molecule has 0 bridgehead atoms. The van der Waals surface area contributed by atoms with E-state index >= 15 is 0 Å². The highest BCUT2D eigenvalue weighted by molar-refractivity contribution is 7.09. The normalized spacial score (nSPS) is 10.2. The maximum Gasteiger partial charge on any atom is 0.226 e. The average molecular weight is 306 g/mol. The summed E-state index contributed by atoms with van der Waals surface area (Å²) >= 11 is 1.55. The molecule has 0 spiro atoms. The molecule has 2 rings (SSSR count). The molecule has 21 heavy (non-hydrogen) atoms. The Morgan fingerprint density at radius 1 is 1.33 bits per heavy atom. The van der Waals surface area contributed by atoms with Crippen LogP contribution in [-0.4, -0.2) is 25.1 Å². The van der Waals surface area contributed by atoms with Crippen molar-refractivity contribution in [2.24, 2.45) is 0 Å². The van der Waals surface area contributed by atoms with Gasteiger partial charge in [-0.2, -0.15) is 0 Å². The number of rotatable bonds is 6. The third-order valence-corrected chi connectivity index (χ3v) is 3.80. The molecule has 0 atom stereocenters. The highest BCUT2D eigenvalue weighted by atomic mass is 32.1. The van der Waals surface area contributed by atoms with Crippen molar-refractivity contribution in [2.45, 2.75) is 19.9 Å². The van der Waals surface area contributed by atoms with Crippen LogP contribution in [0.25, 0.3) is 0 Å². The van der Waals surface area contributed by atoms with E-state index in [0.717, 1.165) is 22.0 Å². The quantitative estimate of drug-likeness (QED) is 0.890. The van der Waals surface area contributed by atoms with Gasteiger partial charge in [0.2, 0.25) is 5.91 Å². The lowest BCUT2D eigenvalue weighted by Gasteiger charge is -2.11. The van der Waals surface area contributed by atoms with Crippen LogP contribution in [0.3, 0.4) is 0 Å². The lowest BCUT2D eigenvalue weighted by molar-refractivity contribution is -0.120. The summed E-state index contributed by atoms with van der Waals surface area (Å²) in [5.41, 5.74) is 1.71. The van der Waals surface area contributed by atoms with E-state index in [0.29, 0.717) is 18.7 Å². The van der Waals surface area contributed by atoms with Crippen molar-refractivity contribution >= 4 is 17.2 Å². The Balaban J connectivity index is 1.94. The van der Waals surface area contributed by atoms with Crippen molar-refractivity contribution in [2.75, 3.05) is 14.2 Å². The monoisotopic (exact) mass is 306 g/mol. The maximum atomic E-state index is 11.9. The molecule has 0 aliphatic rings. The molecule has 2 aromatic rings. The van der Waals surface area contributed by atoms with Gasteiger partial charge in [0.15, 0.2) is 0 Å². The number of carbonyl (C=O) groups excluding carboxylic acids is 1. The molecule has 0 saturated heterocycles. The Morgan fingerprint density at radius 3 is 2.76 bits per heavy atom. The first-order valence-corrected chi connectivity index (χ1v) is 7.39. The van der Waals surface area contributed by atoms with Gasteiger partial charge in [-0.15, -0.1) is 11.3 Å². The third-order valence-electron chi connectivity index (χ3n) is 2.98. The van der Waals surface area contributed by atoms with E-state index in [-0.39, 0.29) is 5.91 Å². The number of hydrogen-bond acceptors (Lipinski definition) is 5. The molecular formula is C15H18N2O3S. The lowest BCUT2D eigenvalue weighted by atomic mass is 10.2. The van der Waals surface area contributed by atoms with E-state index in [9.17, 15) is 4.79 Å². The van der Waals surface area contributed by atoms with E-state index in [4.69, 9.17) is 9.47 Å². The zero-order valence-corrected chi connectivity index (χ0v) is 13.1. The van der Waals surface area contributed by atoms with Gasteiger partial charge in [0.05, 0.1) is 31.3 Å². The van der Waals surface area contributed by atoms with Gasteiger partial charge < -0.3 is 14.8 Å². The predicted molar refractivity (Wildman–Crippen MR) is 81.9 cm³/mol. The zero-order chi connectivity index (χ0) is 15.2. The van der Waals surface area contributed by atoms with Crippen molar-refractivity contribution in [3.05, 3.63) is 39.8 Å². The summed E-state index contributed by atoms with van der Waals surface area (Å²) in [4.78, 5) is 16.2. The van der Waals surface area contributed by atoms with Crippen LogP contribution in [0.1, 0.15) is 16.3 Å². The van der Waals surface area contributed by atoms with Crippen LogP contribution in [0.15, 0.2) is 23.6 Å². The maximum absolute atomic E-state index is 11.9. The van der Waals surface area contributed by atoms with Gasteiger partial charge in [-0.25, -0.2) is 4.98 Å². The number of carbonyl (C=O) groups is 1. The number of aromatic nitrogens is 1. The number of hydrogen-bond donors (Lipinski definition) is 1. The standard InChI is InChI=1S/C15H18N2O3S/c1-10-17-12(9-21-10)6-15(18)16-8-11-4-5-13(19-2)7-14(11)20-3/h4-5,7,9H,6,8H2,1-3H3,(H,16,18). The fourth-order valence-corrected chi connectivity index (χ4v) is 2.52. The second kappa shape index (κ2) is 7.08. The first-order valence-electron chi connectivity index (χ1n) is 6.51. The van der Waals surface area contributed by atoms with Crippen LogP contribution in [0.2, 0.25) is 0 Å². The number of amides is 1. The van der Waals surface area contributed by atoms with Gasteiger partial charge in [-0.05, 0) is 19.1 Å². The molecule has 1 amide bonds. The summed E-state index contributed by atoms with van der Waals surface area (Å²) < 4.78 is 10.4. The van der Waals surface area contributed by atoms with Gasteiger partial charge in [0.1, 0.15) is 11.5 Å². The van der Waals surface area contributed by atoms with Crippen LogP contribution >= 0.6 is 11.3 Å². The molecule has 1 N–H and O–H groups in total. The summed E-state index contributed by atoms with van der Waals surface area (Å²) in [6.07, 6.45) is 0.294. The molecule has 1 heterocycles. The summed E-state index contributed by atoms with van der Waals surface area (Å²) in [6, 6.07) is 5.52. The average Bonchev–Trinajstić information content (AvgIpc) is 2.90. The predicted octanol–water partition coefficient (Wildman–Crippen LogP) is 2.33. The summed E-state index contributed by atoms with van der Waals surface area (Å²) in [5, 5.41) is 5.75.